The van der Waals surface area contributed by atoms with Gasteiger partial charge >= 0.3 is 0 Å². The standard InChI is InChI=1S/C17H25N3O/c1-13(2)10-11-19(4)17-16(12-21)14(3)18-20(17)15-8-6-5-7-9-15/h5-9,13,21H,10-12H2,1-4H3. The van der Waals surface area contributed by atoms with Crippen LogP contribution in [0, 0.1) is 12.8 Å². The first-order valence-electron chi connectivity index (χ1n) is 7.50. The summed E-state index contributed by atoms with van der Waals surface area (Å²) in [5, 5.41) is 14.3. The predicted octanol–water partition coefficient (Wildman–Crippen LogP) is 3.16. The van der Waals surface area contributed by atoms with Crippen molar-refractivity contribution in [3.63, 3.8) is 0 Å². The number of aromatic nitrogens is 2. The molecule has 0 aliphatic heterocycles. The van der Waals surface area contributed by atoms with Crippen LogP contribution in [0.4, 0.5) is 5.82 Å². The summed E-state index contributed by atoms with van der Waals surface area (Å²) in [6.45, 7) is 7.36. The highest BCUT2D eigenvalue weighted by atomic mass is 16.3. The van der Waals surface area contributed by atoms with E-state index in [0.717, 1.165) is 35.7 Å². The van der Waals surface area contributed by atoms with Crippen LogP contribution in [0.15, 0.2) is 30.3 Å². The van der Waals surface area contributed by atoms with Crippen molar-refractivity contribution < 1.29 is 5.11 Å². The Labute approximate surface area is 127 Å². The number of anilines is 1. The number of aryl methyl sites for hydroxylation is 1. The molecule has 0 amide bonds. The Morgan fingerprint density at radius 1 is 1.24 bits per heavy atom. The zero-order valence-electron chi connectivity index (χ0n) is 13.4. The quantitative estimate of drug-likeness (QED) is 0.887. The fraction of sp³-hybridized carbons (Fsp3) is 0.471. The van der Waals surface area contributed by atoms with Crippen molar-refractivity contribution in [3.8, 4) is 5.69 Å². The maximum atomic E-state index is 9.71. The molecule has 0 unspecified atom stereocenters. The topological polar surface area (TPSA) is 41.3 Å². The van der Waals surface area contributed by atoms with E-state index in [4.69, 9.17) is 0 Å². The third kappa shape index (κ3) is 3.45. The van der Waals surface area contributed by atoms with Gasteiger partial charge in [0.05, 0.1) is 18.0 Å². The lowest BCUT2D eigenvalue weighted by Gasteiger charge is -2.22. The zero-order chi connectivity index (χ0) is 15.4. The molecule has 0 spiro atoms. The molecule has 0 aliphatic carbocycles. The van der Waals surface area contributed by atoms with E-state index in [2.05, 4.69) is 30.9 Å². The number of hydrogen-bond acceptors (Lipinski definition) is 3. The van der Waals surface area contributed by atoms with Gasteiger partial charge in [-0.15, -0.1) is 0 Å². The van der Waals surface area contributed by atoms with Crippen LogP contribution in [-0.4, -0.2) is 28.5 Å². The lowest BCUT2D eigenvalue weighted by atomic mass is 10.1. The SMILES string of the molecule is Cc1nn(-c2ccccc2)c(N(C)CCC(C)C)c1CO. The summed E-state index contributed by atoms with van der Waals surface area (Å²) < 4.78 is 1.93. The number of rotatable bonds is 6. The van der Waals surface area contributed by atoms with Crippen molar-refractivity contribution in [3.05, 3.63) is 41.6 Å². The largest absolute Gasteiger partial charge is 0.391 e. The molecule has 0 saturated carbocycles. The van der Waals surface area contributed by atoms with Gasteiger partial charge in [0.1, 0.15) is 5.82 Å². The molecule has 4 nitrogen and oxygen atoms in total. The van der Waals surface area contributed by atoms with Crippen LogP contribution in [0.3, 0.4) is 0 Å². The number of aliphatic hydroxyl groups is 1. The van der Waals surface area contributed by atoms with E-state index in [-0.39, 0.29) is 6.61 Å². The molecule has 1 N–H and O–H groups in total. The number of hydrogen-bond donors (Lipinski definition) is 1. The van der Waals surface area contributed by atoms with Gasteiger partial charge in [-0.05, 0) is 31.4 Å². The second-order valence-electron chi connectivity index (χ2n) is 5.90. The average molecular weight is 287 g/mol. The number of aliphatic hydroxyl groups excluding tert-OH is 1. The first-order chi connectivity index (χ1) is 10.0. The predicted molar refractivity (Wildman–Crippen MR) is 86.9 cm³/mol. The minimum absolute atomic E-state index is 0.0139. The molecule has 1 heterocycles. The third-order valence-electron chi connectivity index (χ3n) is 3.72. The third-order valence-corrected chi connectivity index (χ3v) is 3.72. The van der Waals surface area contributed by atoms with Gasteiger partial charge in [0.2, 0.25) is 0 Å². The number of nitrogens with zero attached hydrogens (tertiary/aromatic N) is 3. The van der Waals surface area contributed by atoms with Crippen LogP contribution in [0.1, 0.15) is 31.5 Å². The molecule has 114 valence electrons. The minimum Gasteiger partial charge on any atom is -0.391 e. The Morgan fingerprint density at radius 3 is 2.48 bits per heavy atom. The summed E-state index contributed by atoms with van der Waals surface area (Å²) in [6, 6.07) is 10.1. The monoisotopic (exact) mass is 287 g/mol. The number of para-hydroxylation sites is 1. The van der Waals surface area contributed by atoms with E-state index in [1.54, 1.807) is 0 Å². The van der Waals surface area contributed by atoms with Crippen molar-refractivity contribution in [1.29, 1.82) is 0 Å². The van der Waals surface area contributed by atoms with Gasteiger partial charge < -0.3 is 10.0 Å². The maximum absolute atomic E-state index is 9.71. The first-order valence-corrected chi connectivity index (χ1v) is 7.50. The molecule has 0 atom stereocenters. The van der Waals surface area contributed by atoms with E-state index >= 15 is 0 Å². The van der Waals surface area contributed by atoms with E-state index in [9.17, 15) is 5.11 Å². The molecule has 2 rings (SSSR count). The van der Waals surface area contributed by atoms with Gasteiger partial charge in [0.15, 0.2) is 0 Å². The molecule has 0 aliphatic rings. The summed E-state index contributed by atoms with van der Waals surface area (Å²) in [6.07, 6.45) is 1.11. The van der Waals surface area contributed by atoms with E-state index in [1.807, 2.05) is 41.9 Å². The first kappa shape index (κ1) is 15.6. The summed E-state index contributed by atoms with van der Waals surface area (Å²) in [5.41, 5.74) is 2.81. The normalized spacial score (nSPS) is 11.1. The van der Waals surface area contributed by atoms with Crippen LogP contribution in [0.5, 0.6) is 0 Å². The van der Waals surface area contributed by atoms with Crippen molar-refractivity contribution >= 4 is 5.82 Å². The van der Waals surface area contributed by atoms with Gasteiger partial charge in [-0.25, -0.2) is 4.68 Å². The Hall–Kier alpha value is -1.81. The molecular formula is C17H25N3O. The molecule has 0 radical (unpaired) electrons. The molecule has 0 fully saturated rings. The smallest absolute Gasteiger partial charge is 0.137 e. The van der Waals surface area contributed by atoms with Crippen LogP contribution >= 0.6 is 0 Å². The van der Waals surface area contributed by atoms with Crippen molar-refractivity contribution in [2.75, 3.05) is 18.5 Å². The van der Waals surface area contributed by atoms with Crippen LogP contribution in [0.2, 0.25) is 0 Å². The van der Waals surface area contributed by atoms with Crippen LogP contribution in [0.25, 0.3) is 5.69 Å². The van der Waals surface area contributed by atoms with Crippen molar-refractivity contribution in [2.45, 2.75) is 33.8 Å². The lowest BCUT2D eigenvalue weighted by molar-refractivity contribution is 0.281. The van der Waals surface area contributed by atoms with Gasteiger partial charge in [-0.1, -0.05) is 32.0 Å². The van der Waals surface area contributed by atoms with E-state index < -0.39 is 0 Å². The highest BCUT2D eigenvalue weighted by Crippen LogP contribution is 2.27. The Kier molecular flexibility index (Phi) is 5.02. The lowest BCUT2D eigenvalue weighted by Crippen LogP contribution is -2.24. The molecule has 21 heavy (non-hydrogen) atoms. The van der Waals surface area contributed by atoms with Crippen molar-refractivity contribution in [1.82, 2.24) is 9.78 Å². The molecule has 1 aromatic carbocycles. The molecule has 0 saturated heterocycles. The summed E-state index contributed by atoms with van der Waals surface area (Å²) in [4.78, 5) is 2.19. The highest BCUT2D eigenvalue weighted by molar-refractivity contribution is 5.54. The molecule has 4 heteroatoms. The Balaban J connectivity index is 2.42. The average Bonchev–Trinajstić information content (AvgIpc) is 2.82. The van der Waals surface area contributed by atoms with E-state index in [1.165, 1.54) is 0 Å². The van der Waals surface area contributed by atoms with Gasteiger partial charge in [-0.2, -0.15) is 5.10 Å². The second kappa shape index (κ2) is 6.76. The molecular weight excluding hydrogens is 262 g/mol. The number of benzene rings is 1. The second-order valence-corrected chi connectivity index (χ2v) is 5.90. The van der Waals surface area contributed by atoms with Crippen molar-refractivity contribution in [2.24, 2.45) is 5.92 Å². The maximum Gasteiger partial charge on any atom is 0.137 e. The fourth-order valence-corrected chi connectivity index (χ4v) is 2.43. The van der Waals surface area contributed by atoms with Gasteiger partial charge in [-0.3, -0.25) is 0 Å². The minimum atomic E-state index is 0.0139. The summed E-state index contributed by atoms with van der Waals surface area (Å²) >= 11 is 0. The molecule has 1 aromatic heterocycles. The highest BCUT2D eigenvalue weighted by Gasteiger charge is 2.19. The molecule has 2 aromatic rings. The molecule has 0 bridgehead atoms. The van der Waals surface area contributed by atoms with Gasteiger partial charge in [0, 0.05) is 19.2 Å². The Bertz CT molecular complexity index is 575. The summed E-state index contributed by atoms with van der Waals surface area (Å²) in [5.74, 6) is 1.64. The van der Waals surface area contributed by atoms with Gasteiger partial charge in [0.25, 0.3) is 0 Å². The zero-order valence-corrected chi connectivity index (χ0v) is 13.4. The van der Waals surface area contributed by atoms with E-state index in [0.29, 0.717) is 5.92 Å². The van der Waals surface area contributed by atoms with Crippen LogP contribution < -0.4 is 4.90 Å². The fourth-order valence-electron chi connectivity index (χ4n) is 2.43. The summed E-state index contributed by atoms with van der Waals surface area (Å²) in [7, 11) is 2.07. The Morgan fingerprint density at radius 2 is 1.90 bits per heavy atom. The van der Waals surface area contributed by atoms with Crippen LogP contribution in [-0.2, 0) is 6.61 Å².